The molecule has 146 valence electrons. The Labute approximate surface area is 165 Å². The fraction of sp³-hybridized carbons (Fsp3) is 0.389. The Morgan fingerprint density at radius 2 is 2.00 bits per heavy atom. The highest BCUT2D eigenvalue weighted by Crippen LogP contribution is 2.23. The lowest BCUT2D eigenvalue weighted by molar-refractivity contribution is 0.316. The number of aromatic nitrogens is 1. The van der Waals surface area contributed by atoms with Crippen molar-refractivity contribution in [1.29, 1.82) is 0 Å². The van der Waals surface area contributed by atoms with E-state index in [0.29, 0.717) is 17.9 Å². The number of nitrogens with two attached hydrogens (primary N) is 1. The zero-order chi connectivity index (χ0) is 19.6. The van der Waals surface area contributed by atoms with Gasteiger partial charge in [-0.1, -0.05) is 17.7 Å². The third-order valence-corrected chi connectivity index (χ3v) is 6.67. The molecule has 1 saturated heterocycles. The molecule has 3 N–H and O–H groups in total. The van der Waals surface area contributed by atoms with Gasteiger partial charge in [-0.3, -0.25) is 4.99 Å². The van der Waals surface area contributed by atoms with Crippen LogP contribution in [0.5, 0.6) is 0 Å². The van der Waals surface area contributed by atoms with Crippen molar-refractivity contribution < 1.29 is 8.42 Å². The van der Waals surface area contributed by atoms with E-state index >= 15 is 0 Å². The molecule has 7 nitrogen and oxygen atoms in total. The number of aryl methyl sites for hydroxylation is 1. The third kappa shape index (κ3) is 4.12. The topological polar surface area (TPSA) is 92.7 Å². The van der Waals surface area contributed by atoms with Gasteiger partial charge in [-0.05, 0) is 49.7 Å². The largest absolute Gasteiger partial charge is 0.384 e. The second kappa shape index (κ2) is 7.92. The molecular formula is C18H24ClN5O2S. The molecule has 0 saturated carbocycles. The van der Waals surface area contributed by atoms with Gasteiger partial charge in [-0.25, -0.2) is 16.8 Å². The van der Waals surface area contributed by atoms with Crippen molar-refractivity contribution in [2.24, 2.45) is 4.99 Å². The Morgan fingerprint density at radius 3 is 2.63 bits per heavy atom. The van der Waals surface area contributed by atoms with E-state index in [1.54, 1.807) is 41.8 Å². The van der Waals surface area contributed by atoms with Crippen molar-refractivity contribution in [3.63, 3.8) is 0 Å². The number of anilines is 1. The summed E-state index contributed by atoms with van der Waals surface area (Å²) in [5.74, 6) is 0.685. The summed E-state index contributed by atoms with van der Waals surface area (Å²) in [6, 6.07) is 8.47. The van der Waals surface area contributed by atoms with Gasteiger partial charge in [0.25, 0.3) is 10.0 Å². The van der Waals surface area contributed by atoms with E-state index in [1.165, 1.54) is 6.20 Å². The first-order valence-corrected chi connectivity index (χ1v) is 10.5. The average Bonchev–Trinajstić information content (AvgIpc) is 3.02. The summed E-state index contributed by atoms with van der Waals surface area (Å²) in [5.41, 5.74) is 7.73. The quantitative estimate of drug-likeness (QED) is 0.458. The van der Waals surface area contributed by atoms with Crippen molar-refractivity contribution in [2.45, 2.75) is 30.7 Å². The second-order valence-electron chi connectivity index (χ2n) is 6.65. The van der Waals surface area contributed by atoms with Crippen molar-refractivity contribution >= 4 is 33.5 Å². The molecule has 2 aromatic rings. The first-order chi connectivity index (χ1) is 12.8. The Hall–Kier alpha value is -2.03. The van der Waals surface area contributed by atoms with E-state index in [4.69, 9.17) is 17.5 Å². The number of piperidine rings is 1. The normalized spacial score (nSPS) is 19.2. The molecule has 0 spiro atoms. The molecular weight excluding hydrogens is 386 g/mol. The molecule has 0 bridgehead atoms. The molecule has 1 fully saturated rings. The van der Waals surface area contributed by atoms with Gasteiger partial charge in [-0.15, -0.1) is 0 Å². The van der Waals surface area contributed by atoms with E-state index in [1.807, 2.05) is 6.92 Å². The van der Waals surface area contributed by atoms with Crippen molar-refractivity contribution in [3.05, 3.63) is 47.7 Å². The maximum Gasteiger partial charge on any atom is 0.269 e. The fourth-order valence-electron chi connectivity index (χ4n) is 3.17. The number of halogens is 1. The van der Waals surface area contributed by atoms with Gasteiger partial charge in [0, 0.05) is 32.4 Å². The SMILES string of the molecule is CN=C(N[C@@H]1CCCN(Cl)C1)c1ccn(S(=O)(=O)c2ccc(C)cc2)c1N. The van der Waals surface area contributed by atoms with Gasteiger partial charge >= 0.3 is 0 Å². The predicted octanol–water partition coefficient (Wildman–Crippen LogP) is 2.20. The monoisotopic (exact) mass is 409 g/mol. The van der Waals surface area contributed by atoms with Gasteiger partial charge in [0.05, 0.1) is 10.5 Å². The van der Waals surface area contributed by atoms with Crippen molar-refractivity contribution in [1.82, 2.24) is 13.7 Å². The number of nitrogen functional groups attached to an aromatic ring is 1. The number of hydrogen-bond acceptors (Lipinski definition) is 5. The minimum Gasteiger partial charge on any atom is -0.384 e. The van der Waals surface area contributed by atoms with Crippen LogP contribution in [0.3, 0.4) is 0 Å². The van der Waals surface area contributed by atoms with Crippen LogP contribution < -0.4 is 11.1 Å². The summed E-state index contributed by atoms with van der Waals surface area (Å²) in [7, 11) is -2.12. The van der Waals surface area contributed by atoms with E-state index in [2.05, 4.69) is 10.3 Å². The number of hydrogen-bond donors (Lipinski definition) is 2. The zero-order valence-electron chi connectivity index (χ0n) is 15.4. The minimum absolute atomic E-state index is 0.127. The number of amidine groups is 1. The Balaban J connectivity index is 1.88. The molecule has 1 atom stereocenters. The van der Waals surface area contributed by atoms with Crippen LogP contribution in [0.25, 0.3) is 0 Å². The molecule has 0 radical (unpaired) electrons. The molecule has 3 rings (SSSR count). The van der Waals surface area contributed by atoms with Gasteiger partial charge in [0.1, 0.15) is 11.7 Å². The van der Waals surface area contributed by atoms with Gasteiger partial charge < -0.3 is 11.1 Å². The first-order valence-electron chi connectivity index (χ1n) is 8.76. The Morgan fingerprint density at radius 1 is 1.30 bits per heavy atom. The molecule has 1 aromatic carbocycles. The van der Waals surface area contributed by atoms with Crippen LogP contribution in [0.15, 0.2) is 46.4 Å². The molecule has 1 aliphatic heterocycles. The van der Waals surface area contributed by atoms with Crippen LogP contribution in [0.2, 0.25) is 0 Å². The minimum atomic E-state index is -3.77. The molecule has 27 heavy (non-hydrogen) atoms. The highest BCUT2D eigenvalue weighted by Gasteiger charge is 2.24. The maximum absolute atomic E-state index is 12.9. The summed E-state index contributed by atoms with van der Waals surface area (Å²) in [5, 5.41) is 3.34. The lowest BCUT2D eigenvalue weighted by Gasteiger charge is -2.29. The second-order valence-corrected chi connectivity index (χ2v) is 8.95. The molecule has 1 aliphatic rings. The maximum atomic E-state index is 12.9. The molecule has 1 aromatic heterocycles. The molecule has 0 aliphatic carbocycles. The van der Waals surface area contributed by atoms with Crippen LogP contribution in [-0.2, 0) is 10.0 Å². The smallest absolute Gasteiger partial charge is 0.269 e. The lowest BCUT2D eigenvalue weighted by atomic mass is 10.1. The first kappa shape index (κ1) is 19.7. The van der Waals surface area contributed by atoms with Crippen LogP contribution in [0.1, 0.15) is 24.0 Å². The fourth-order valence-corrected chi connectivity index (χ4v) is 4.74. The molecule has 0 amide bonds. The number of nitrogens with one attached hydrogen (secondary N) is 1. The van der Waals surface area contributed by atoms with Gasteiger partial charge in [0.15, 0.2) is 0 Å². The average molecular weight is 410 g/mol. The summed E-state index contributed by atoms with van der Waals surface area (Å²) < 4.78 is 28.7. The highest BCUT2D eigenvalue weighted by molar-refractivity contribution is 7.90. The van der Waals surface area contributed by atoms with E-state index in [0.717, 1.165) is 28.9 Å². The molecule has 0 unspecified atom stereocenters. The molecule has 9 heteroatoms. The van der Waals surface area contributed by atoms with E-state index in [-0.39, 0.29) is 16.8 Å². The van der Waals surface area contributed by atoms with Crippen molar-refractivity contribution in [3.8, 4) is 0 Å². The summed E-state index contributed by atoms with van der Waals surface area (Å²) in [6.07, 6.45) is 3.41. The lowest BCUT2D eigenvalue weighted by Crippen LogP contribution is -2.45. The third-order valence-electron chi connectivity index (χ3n) is 4.66. The Bertz CT molecular complexity index is 937. The number of nitrogens with zero attached hydrogens (tertiary/aromatic N) is 3. The van der Waals surface area contributed by atoms with Gasteiger partial charge in [-0.2, -0.15) is 0 Å². The van der Waals surface area contributed by atoms with Crippen LogP contribution in [0, 0.1) is 6.92 Å². The van der Waals surface area contributed by atoms with Gasteiger partial charge in [0.2, 0.25) is 0 Å². The number of rotatable bonds is 4. The predicted molar refractivity (Wildman–Crippen MR) is 109 cm³/mol. The standard InChI is InChI=1S/C18H24ClN5O2S/c1-13-5-7-15(8-6-13)27(25,26)24-11-9-16(17(24)20)18(21-2)22-14-4-3-10-23(19)12-14/h5-9,11,14H,3-4,10,12,20H2,1-2H3,(H,21,22)/t14-/m1/s1. The zero-order valence-corrected chi connectivity index (χ0v) is 17.0. The molecule has 2 heterocycles. The van der Waals surface area contributed by atoms with E-state index in [9.17, 15) is 8.42 Å². The summed E-state index contributed by atoms with van der Waals surface area (Å²) in [6.45, 7) is 3.44. The van der Waals surface area contributed by atoms with Crippen molar-refractivity contribution in [2.75, 3.05) is 25.9 Å². The summed E-state index contributed by atoms with van der Waals surface area (Å²) >= 11 is 6.10. The van der Waals surface area contributed by atoms with E-state index < -0.39 is 10.0 Å². The van der Waals surface area contributed by atoms with Crippen LogP contribution in [0.4, 0.5) is 5.82 Å². The highest BCUT2D eigenvalue weighted by atomic mass is 35.5. The van der Waals surface area contributed by atoms with Crippen LogP contribution >= 0.6 is 11.8 Å². The number of benzene rings is 1. The Kier molecular flexibility index (Phi) is 5.78. The number of aliphatic imine (C=N–C) groups is 1. The van der Waals surface area contributed by atoms with Crippen LogP contribution in [-0.4, -0.2) is 48.8 Å². The summed E-state index contributed by atoms with van der Waals surface area (Å²) in [4.78, 5) is 4.46.